The van der Waals surface area contributed by atoms with E-state index in [2.05, 4.69) is 25.8 Å². The van der Waals surface area contributed by atoms with E-state index in [9.17, 15) is 4.79 Å². The highest BCUT2D eigenvalue weighted by atomic mass is 32.1. The molecule has 2 aromatic carbocycles. The van der Waals surface area contributed by atoms with Gasteiger partial charge in [0.2, 0.25) is 5.13 Å². The van der Waals surface area contributed by atoms with Crippen molar-refractivity contribution in [3.8, 4) is 16.3 Å². The van der Waals surface area contributed by atoms with Gasteiger partial charge in [0.05, 0.1) is 7.11 Å². The molecule has 0 atom stereocenters. The molecule has 0 saturated heterocycles. The molecule has 7 nitrogen and oxygen atoms in total. The minimum Gasteiger partial charge on any atom is -0.497 e. The number of hydrogen-bond acceptors (Lipinski definition) is 5. The highest BCUT2D eigenvalue weighted by molar-refractivity contribution is 7.18. The van der Waals surface area contributed by atoms with Crippen LogP contribution in [0.4, 0.5) is 15.6 Å². The molecule has 4 aromatic rings. The monoisotopic (exact) mass is 365 g/mol. The molecule has 0 aliphatic heterocycles. The summed E-state index contributed by atoms with van der Waals surface area (Å²) in [5, 5.41) is 15.8. The van der Waals surface area contributed by atoms with Crippen molar-refractivity contribution >= 4 is 39.1 Å². The van der Waals surface area contributed by atoms with Crippen LogP contribution in [0, 0.1) is 0 Å². The molecule has 0 radical (unpaired) electrons. The lowest BCUT2D eigenvalue weighted by molar-refractivity contribution is 0.262. The second kappa shape index (κ2) is 6.85. The second-order valence-electron chi connectivity index (χ2n) is 5.50. The average molecular weight is 365 g/mol. The lowest BCUT2D eigenvalue weighted by Crippen LogP contribution is -2.19. The zero-order valence-electron chi connectivity index (χ0n) is 13.8. The normalized spacial score (nSPS) is 10.7. The van der Waals surface area contributed by atoms with Gasteiger partial charge in [0.25, 0.3) is 0 Å². The number of nitrogens with one attached hydrogen (secondary N) is 3. The van der Waals surface area contributed by atoms with Crippen molar-refractivity contribution < 1.29 is 9.53 Å². The fraction of sp³-hybridized carbons (Fsp3) is 0.0556. The van der Waals surface area contributed by atoms with Gasteiger partial charge in [-0.15, -0.1) is 10.2 Å². The van der Waals surface area contributed by atoms with E-state index in [1.807, 2.05) is 54.7 Å². The number of fused-ring (bicyclic) bond motifs is 1. The molecule has 8 heteroatoms. The summed E-state index contributed by atoms with van der Waals surface area (Å²) in [7, 11) is 1.61. The van der Waals surface area contributed by atoms with Crippen molar-refractivity contribution in [2.75, 3.05) is 17.7 Å². The van der Waals surface area contributed by atoms with Crippen LogP contribution in [0.1, 0.15) is 0 Å². The Kier molecular flexibility index (Phi) is 4.24. The van der Waals surface area contributed by atoms with Crippen LogP contribution in [-0.2, 0) is 0 Å². The minimum absolute atomic E-state index is 0.367. The summed E-state index contributed by atoms with van der Waals surface area (Å²) in [4.78, 5) is 15.3. The number of aromatic nitrogens is 3. The van der Waals surface area contributed by atoms with Gasteiger partial charge in [-0.2, -0.15) is 0 Å². The molecule has 2 aromatic heterocycles. The quantitative estimate of drug-likeness (QED) is 0.502. The van der Waals surface area contributed by atoms with Crippen molar-refractivity contribution in [2.24, 2.45) is 0 Å². The summed E-state index contributed by atoms with van der Waals surface area (Å²) < 4.78 is 5.21. The third kappa shape index (κ3) is 3.35. The smallest absolute Gasteiger partial charge is 0.325 e. The number of rotatable bonds is 4. The number of benzene rings is 2. The predicted molar refractivity (Wildman–Crippen MR) is 103 cm³/mol. The molecule has 2 amide bonds. The first-order chi connectivity index (χ1) is 12.7. The third-order valence-corrected chi connectivity index (χ3v) is 4.66. The Morgan fingerprint density at radius 2 is 2.04 bits per heavy atom. The van der Waals surface area contributed by atoms with Crippen LogP contribution in [-0.4, -0.2) is 28.3 Å². The van der Waals surface area contributed by atoms with Crippen molar-refractivity contribution in [3.05, 3.63) is 54.7 Å². The van der Waals surface area contributed by atoms with Gasteiger partial charge in [-0.1, -0.05) is 23.5 Å². The topological polar surface area (TPSA) is 91.9 Å². The molecule has 0 saturated carbocycles. The number of aromatic amines is 1. The highest BCUT2D eigenvalue weighted by Gasteiger charge is 2.10. The number of anilines is 2. The largest absolute Gasteiger partial charge is 0.497 e. The molecule has 2 heterocycles. The van der Waals surface area contributed by atoms with Crippen LogP contribution < -0.4 is 15.4 Å². The maximum absolute atomic E-state index is 12.2. The van der Waals surface area contributed by atoms with Crippen LogP contribution in [0.3, 0.4) is 0 Å². The van der Waals surface area contributed by atoms with Gasteiger partial charge >= 0.3 is 6.03 Å². The maximum atomic E-state index is 12.2. The summed E-state index contributed by atoms with van der Waals surface area (Å²) >= 11 is 1.29. The molecule has 130 valence electrons. The molecule has 26 heavy (non-hydrogen) atoms. The Hall–Kier alpha value is -3.39. The van der Waals surface area contributed by atoms with Gasteiger partial charge in [-0.3, -0.25) is 5.32 Å². The van der Waals surface area contributed by atoms with E-state index >= 15 is 0 Å². The van der Waals surface area contributed by atoms with Gasteiger partial charge in [0.1, 0.15) is 10.8 Å². The SMILES string of the molecule is COc1cccc(-c2nnc(NC(=O)Nc3ccc4[nH]ccc4c3)s2)c1. The fourth-order valence-corrected chi connectivity index (χ4v) is 3.27. The highest BCUT2D eigenvalue weighted by Crippen LogP contribution is 2.28. The van der Waals surface area contributed by atoms with Gasteiger partial charge < -0.3 is 15.0 Å². The van der Waals surface area contributed by atoms with Gasteiger partial charge in [0, 0.05) is 28.4 Å². The van der Waals surface area contributed by atoms with Crippen LogP contribution in [0.25, 0.3) is 21.5 Å². The van der Waals surface area contributed by atoms with Crippen molar-refractivity contribution in [3.63, 3.8) is 0 Å². The Morgan fingerprint density at radius 3 is 2.92 bits per heavy atom. The Morgan fingerprint density at radius 1 is 1.12 bits per heavy atom. The standard InChI is InChI=1S/C18H15N5O2S/c1-25-14-4-2-3-12(10-14)16-22-23-18(26-16)21-17(24)20-13-5-6-15-11(9-13)7-8-19-15/h2-10,19H,1H3,(H2,20,21,23,24). The van der Waals surface area contributed by atoms with E-state index in [0.717, 1.165) is 22.2 Å². The lowest BCUT2D eigenvalue weighted by atomic mass is 10.2. The average Bonchev–Trinajstić information content (AvgIpc) is 3.30. The number of amides is 2. The summed E-state index contributed by atoms with van der Waals surface area (Å²) in [6, 6.07) is 14.8. The Balaban J connectivity index is 1.45. The molecule has 0 aliphatic rings. The summed E-state index contributed by atoms with van der Waals surface area (Å²) in [5.74, 6) is 0.741. The van der Waals surface area contributed by atoms with Crippen molar-refractivity contribution in [1.29, 1.82) is 0 Å². The van der Waals surface area contributed by atoms with Crippen molar-refractivity contribution in [1.82, 2.24) is 15.2 Å². The number of H-pyrrole nitrogens is 1. The van der Waals surface area contributed by atoms with Crippen LogP contribution in [0.2, 0.25) is 0 Å². The van der Waals surface area contributed by atoms with E-state index in [1.165, 1.54) is 11.3 Å². The molecule has 0 fully saturated rings. The lowest BCUT2D eigenvalue weighted by Gasteiger charge is -2.05. The second-order valence-corrected chi connectivity index (χ2v) is 6.48. The van der Waals surface area contributed by atoms with Crippen molar-refractivity contribution in [2.45, 2.75) is 0 Å². The summed E-state index contributed by atoms with van der Waals surface area (Å²) in [6.45, 7) is 0. The van der Waals surface area contributed by atoms with E-state index in [1.54, 1.807) is 7.11 Å². The maximum Gasteiger partial charge on any atom is 0.325 e. The number of carbonyl (C=O) groups is 1. The molecular weight excluding hydrogens is 350 g/mol. The van der Waals surface area contributed by atoms with Crippen LogP contribution >= 0.6 is 11.3 Å². The molecular formula is C18H15N5O2S. The van der Waals surface area contributed by atoms with Gasteiger partial charge in [-0.05, 0) is 36.4 Å². The zero-order valence-corrected chi connectivity index (χ0v) is 14.6. The molecule has 3 N–H and O–H groups in total. The van der Waals surface area contributed by atoms with Crippen LogP contribution in [0.5, 0.6) is 5.75 Å². The van der Waals surface area contributed by atoms with E-state index in [4.69, 9.17) is 4.74 Å². The van der Waals surface area contributed by atoms with Gasteiger partial charge in [0.15, 0.2) is 0 Å². The predicted octanol–water partition coefficient (Wildman–Crippen LogP) is 4.34. The summed E-state index contributed by atoms with van der Waals surface area (Å²) in [5.41, 5.74) is 2.60. The first-order valence-corrected chi connectivity index (χ1v) is 8.66. The Labute approximate surface area is 153 Å². The number of hydrogen-bond donors (Lipinski definition) is 3. The number of ether oxygens (including phenoxy) is 1. The Bertz CT molecular complexity index is 1070. The van der Waals surface area contributed by atoms with E-state index < -0.39 is 0 Å². The van der Waals surface area contributed by atoms with E-state index in [0.29, 0.717) is 15.8 Å². The number of urea groups is 1. The number of carbonyl (C=O) groups excluding carboxylic acids is 1. The first-order valence-electron chi connectivity index (χ1n) is 7.84. The molecule has 0 bridgehead atoms. The first kappa shape index (κ1) is 16.1. The zero-order chi connectivity index (χ0) is 17.9. The molecule has 0 unspecified atom stereocenters. The number of methoxy groups -OCH3 is 1. The molecule has 0 aliphatic carbocycles. The summed E-state index contributed by atoms with van der Waals surface area (Å²) in [6.07, 6.45) is 1.86. The van der Waals surface area contributed by atoms with Gasteiger partial charge in [-0.25, -0.2) is 4.79 Å². The molecule has 4 rings (SSSR count). The minimum atomic E-state index is -0.367. The van der Waals surface area contributed by atoms with E-state index in [-0.39, 0.29) is 6.03 Å². The number of nitrogens with zero attached hydrogens (tertiary/aromatic N) is 2. The molecule has 0 spiro atoms. The fourth-order valence-electron chi connectivity index (χ4n) is 2.54. The van der Waals surface area contributed by atoms with Crippen LogP contribution in [0.15, 0.2) is 54.7 Å². The third-order valence-electron chi connectivity index (χ3n) is 3.77.